The fourth-order valence-corrected chi connectivity index (χ4v) is 3.39. The minimum Gasteiger partial charge on any atom is -0.282 e. The van der Waals surface area contributed by atoms with E-state index in [0.717, 1.165) is 31.0 Å². The Morgan fingerprint density at radius 2 is 1.59 bits per heavy atom. The summed E-state index contributed by atoms with van der Waals surface area (Å²) in [5.74, 6) is 0.0139. The third-order valence-corrected chi connectivity index (χ3v) is 4.68. The van der Waals surface area contributed by atoms with Crippen molar-refractivity contribution in [2.45, 2.75) is 52.4 Å². The van der Waals surface area contributed by atoms with E-state index in [9.17, 15) is 9.59 Å². The second-order valence-electron chi connectivity index (χ2n) is 5.01. The lowest BCUT2D eigenvalue weighted by Crippen LogP contribution is -2.41. The molecule has 0 aromatic carbocycles. The topological polar surface area (TPSA) is 37.4 Å². The van der Waals surface area contributed by atoms with E-state index in [2.05, 4.69) is 29.8 Å². The number of amides is 2. The summed E-state index contributed by atoms with van der Waals surface area (Å²) in [6.07, 6.45) is 5.08. The number of rotatable bonds is 7. The number of carbonyl (C=O) groups is 2. The number of hydrogen-bond donors (Lipinski definition) is 0. The van der Waals surface area contributed by atoms with Gasteiger partial charge in [-0.25, -0.2) is 0 Å². The molecule has 0 saturated carbocycles. The molecule has 1 aliphatic heterocycles. The Bertz CT molecular complexity index is 269. The average molecular weight is 304 g/mol. The van der Waals surface area contributed by atoms with E-state index in [0.29, 0.717) is 19.4 Å². The molecule has 0 spiro atoms. The molecule has 0 unspecified atom stereocenters. The standard InChI is InChI=1S/C13H22BrNO2/c1-3-7-13(9-14,8-4-2)10-15-11(16)5-6-12(15)17/h3-10H2,1-2H3. The van der Waals surface area contributed by atoms with Crippen molar-refractivity contribution in [2.24, 2.45) is 5.41 Å². The van der Waals surface area contributed by atoms with Gasteiger partial charge < -0.3 is 0 Å². The van der Waals surface area contributed by atoms with Gasteiger partial charge in [0, 0.05) is 24.7 Å². The Kier molecular flexibility index (Phi) is 5.63. The quantitative estimate of drug-likeness (QED) is 0.535. The normalized spacial score (nSPS) is 17.0. The van der Waals surface area contributed by atoms with E-state index in [1.165, 1.54) is 4.90 Å². The van der Waals surface area contributed by atoms with Crippen LogP contribution in [0.5, 0.6) is 0 Å². The van der Waals surface area contributed by atoms with Crippen LogP contribution in [0.4, 0.5) is 0 Å². The smallest absolute Gasteiger partial charge is 0.229 e. The molecule has 1 rings (SSSR count). The molecule has 0 N–H and O–H groups in total. The van der Waals surface area contributed by atoms with Gasteiger partial charge in [-0.1, -0.05) is 42.6 Å². The van der Waals surface area contributed by atoms with Crippen LogP contribution in [0.1, 0.15) is 52.4 Å². The molecule has 2 amide bonds. The molecule has 1 heterocycles. The highest BCUT2D eigenvalue weighted by molar-refractivity contribution is 9.09. The second kappa shape index (κ2) is 6.53. The van der Waals surface area contributed by atoms with Gasteiger partial charge in [0.1, 0.15) is 0 Å². The van der Waals surface area contributed by atoms with Gasteiger partial charge in [0.05, 0.1) is 0 Å². The van der Waals surface area contributed by atoms with Gasteiger partial charge >= 0.3 is 0 Å². The van der Waals surface area contributed by atoms with Gasteiger partial charge in [-0.05, 0) is 18.3 Å². The van der Waals surface area contributed by atoms with Gasteiger partial charge in [0.15, 0.2) is 0 Å². The third kappa shape index (κ3) is 3.54. The van der Waals surface area contributed by atoms with Crippen molar-refractivity contribution >= 4 is 27.7 Å². The molecule has 0 radical (unpaired) electrons. The van der Waals surface area contributed by atoms with Crippen LogP contribution in [0.25, 0.3) is 0 Å². The summed E-state index contributed by atoms with van der Waals surface area (Å²) >= 11 is 3.57. The Labute approximate surface area is 112 Å². The van der Waals surface area contributed by atoms with Crippen molar-refractivity contribution in [2.75, 3.05) is 11.9 Å². The summed E-state index contributed by atoms with van der Waals surface area (Å²) in [6.45, 7) is 4.90. The number of likely N-dealkylation sites (tertiary alicyclic amines) is 1. The van der Waals surface area contributed by atoms with Gasteiger partial charge in [-0.15, -0.1) is 0 Å². The fourth-order valence-electron chi connectivity index (χ4n) is 2.65. The number of imide groups is 1. The van der Waals surface area contributed by atoms with Crippen LogP contribution in [0.15, 0.2) is 0 Å². The SMILES string of the molecule is CCCC(CBr)(CCC)CN1C(=O)CCC1=O. The average Bonchev–Trinajstić information content (AvgIpc) is 2.61. The van der Waals surface area contributed by atoms with E-state index in [-0.39, 0.29) is 17.2 Å². The highest BCUT2D eigenvalue weighted by Gasteiger charge is 2.37. The van der Waals surface area contributed by atoms with Gasteiger partial charge in [-0.3, -0.25) is 14.5 Å². The lowest BCUT2D eigenvalue weighted by Gasteiger charge is -2.34. The molecule has 0 atom stereocenters. The molecular weight excluding hydrogens is 282 g/mol. The zero-order chi connectivity index (χ0) is 12.9. The Hall–Kier alpha value is -0.380. The van der Waals surface area contributed by atoms with Crippen molar-refractivity contribution in [1.29, 1.82) is 0 Å². The van der Waals surface area contributed by atoms with E-state index in [1.807, 2.05) is 0 Å². The van der Waals surface area contributed by atoms with E-state index in [1.54, 1.807) is 0 Å². The Morgan fingerprint density at radius 1 is 1.12 bits per heavy atom. The maximum atomic E-state index is 11.7. The zero-order valence-corrected chi connectivity index (χ0v) is 12.4. The third-order valence-electron chi connectivity index (χ3n) is 3.49. The first-order valence-electron chi connectivity index (χ1n) is 6.47. The number of hydrogen-bond acceptors (Lipinski definition) is 2. The van der Waals surface area contributed by atoms with Crippen molar-refractivity contribution in [1.82, 2.24) is 4.90 Å². The van der Waals surface area contributed by atoms with Crippen molar-refractivity contribution in [3.8, 4) is 0 Å². The summed E-state index contributed by atoms with van der Waals surface area (Å²) in [5, 5.41) is 0.860. The number of halogens is 1. The zero-order valence-electron chi connectivity index (χ0n) is 10.8. The van der Waals surface area contributed by atoms with Crippen LogP contribution in [-0.4, -0.2) is 28.6 Å². The maximum absolute atomic E-state index is 11.7. The lowest BCUT2D eigenvalue weighted by atomic mass is 9.80. The van der Waals surface area contributed by atoms with Gasteiger partial charge in [-0.2, -0.15) is 0 Å². The van der Waals surface area contributed by atoms with Crippen LogP contribution >= 0.6 is 15.9 Å². The van der Waals surface area contributed by atoms with Crippen LogP contribution in [-0.2, 0) is 9.59 Å². The maximum Gasteiger partial charge on any atom is 0.229 e. The molecule has 0 aromatic rings. The molecule has 0 aromatic heterocycles. The van der Waals surface area contributed by atoms with E-state index < -0.39 is 0 Å². The number of nitrogens with zero attached hydrogens (tertiary/aromatic N) is 1. The molecule has 0 bridgehead atoms. The molecular formula is C13H22BrNO2. The van der Waals surface area contributed by atoms with E-state index >= 15 is 0 Å². The molecule has 4 heteroatoms. The van der Waals surface area contributed by atoms with Gasteiger partial charge in [0.2, 0.25) is 11.8 Å². The molecule has 1 saturated heterocycles. The predicted molar refractivity (Wildman–Crippen MR) is 72.0 cm³/mol. The molecule has 3 nitrogen and oxygen atoms in total. The van der Waals surface area contributed by atoms with Gasteiger partial charge in [0.25, 0.3) is 0 Å². The van der Waals surface area contributed by atoms with Crippen LogP contribution < -0.4 is 0 Å². The summed E-state index contributed by atoms with van der Waals surface area (Å²) in [7, 11) is 0. The monoisotopic (exact) mass is 303 g/mol. The second-order valence-corrected chi connectivity index (χ2v) is 5.57. The highest BCUT2D eigenvalue weighted by atomic mass is 79.9. The highest BCUT2D eigenvalue weighted by Crippen LogP contribution is 2.34. The van der Waals surface area contributed by atoms with E-state index in [4.69, 9.17) is 0 Å². The summed E-state index contributed by atoms with van der Waals surface area (Å²) in [4.78, 5) is 24.8. The molecule has 17 heavy (non-hydrogen) atoms. The Morgan fingerprint density at radius 3 is 1.94 bits per heavy atom. The van der Waals surface area contributed by atoms with Crippen molar-refractivity contribution in [3.63, 3.8) is 0 Å². The van der Waals surface area contributed by atoms with Crippen molar-refractivity contribution in [3.05, 3.63) is 0 Å². The molecule has 1 fully saturated rings. The number of alkyl halides is 1. The van der Waals surface area contributed by atoms with Crippen LogP contribution in [0, 0.1) is 5.41 Å². The van der Waals surface area contributed by atoms with Crippen LogP contribution in [0.3, 0.4) is 0 Å². The molecule has 98 valence electrons. The first-order chi connectivity index (χ1) is 8.08. The lowest BCUT2D eigenvalue weighted by molar-refractivity contribution is -0.140. The predicted octanol–water partition coefficient (Wildman–Crippen LogP) is 3.12. The first-order valence-corrected chi connectivity index (χ1v) is 7.60. The fraction of sp³-hybridized carbons (Fsp3) is 0.846. The first kappa shape index (κ1) is 14.7. The summed E-state index contributed by atoms with van der Waals surface area (Å²) < 4.78 is 0. The van der Waals surface area contributed by atoms with Crippen LogP contribution in [0.2, 0.25) is 0 Å². The minimum absolute atomic E-state index is 0.00697. The number of carbonyl (C=O) groups excluding carboxylic acids is 2. The summed E-state index contributed by atoms with van der Waals surface area (Å²) in [6, 6.07) is 0. The Balaban J connectivity index is 2.76. The summed E-state index contributed by atoms with van der Waals surface area (Å²) in [5.41, 5.74) is 0.0686. The molecule has 0 aliphatic carbocycles. The largest absolute Gasteiger partial charge is 0.282 e. The molecule has 1 aliphatic rings. The van der Waals surface area contributed by atoms with Crippen molar-refractivity contribution < 1.29 is 9.59 Å². The minimum atomic E-state index is 0.00697.